The number of nitrogens with one attached hydrogen (secondary N) is 1. The van der Waals surface area contributed by atoms with Gasteiger partial charge in [-0.1, -0.05) is 11.6 Å². The zero-order chi connectivity index (χ0) is 10.8. The van der Waals surface area contributed by atoms with Crippen LogP contribution in [0.3, 0.4) is 0 Å². The lowest BCUT2D eigenvalue weighted by atomic mass is 10.2. The first-order chi connectivity index (χ1) is 7.18. The number of amides is 1. The lowest BCUT2D eigenvalue weighted by molar-refractivity contribution is 0.0714. The third-order valence-corrected chi connectivity index (χ3v) is 3.80. The maximum Gasteiger partial charge on any atom is 0.265 e. The van der Waals surface area contributed by atoms with Crippen LogP contribution in [0, 0.1) is 0 Å². The van der Waals surface area contributed by atoms with Crippen molar-refractivity contribution in [2.24, 2.45) is 0 Å². The predicted octanol–water partition coefficient (Wildman–Crippen LogP) is 1.84. The van der Waals surface area contributed by atoms with Crippen molar-refractivity contribution in [3.8, 4) is 0 Å². The quantitative estimate of drug-likeness (QED) is 0.818. The van der Waals surface area contributed by atoms with Gasteiger partial charge in [-0.05, 0) is 18.4 Å². The van der Waals surface area contributed by atoms with E-state index in [4.69, 9.17) is 11.6 Å². The molecule has 2 heterocycles. The minimum atomic E-state index is 0.0587. The molecular formula is C10H13ClN2OS. The maximum atomic E-state index is 12.1. The Kier molecular flexibility index (Phi) is 3.29. The Labute approximate surface area is 98.0 Å². The van der Waals surface area contributed by atoms with Crippen LogP contribution in [0.4, 0.5) is 0 Å². The molecule has 1 N–H and O–H groups in total. The molecule has 15 heavy (non-hydrogen) atoms. The fourth-order valence-electron chi connectivity index (χ4n) is 1.71. The molecule has 2 rings (SSSR count). The second kappa shape index (κ2) is 4.51. The summed E-state index contributed by atoms with van der Waals surface area (Å²) in [5.74, 6) is 0.0587. The van der Waals surface area contributed by atoms with E-state index in [2.05, 4.69) is 12.2 Å². The number of nitrogens with zero attached hydrogens (tertiary/aromatic N) is 1. The van der Waals surface area contributed by atoms with Gasteiger partial charge < -0.3 is 10.2 Å². The minimum absolute atomic E-state index is 0.0587. The Morgan fingerprint density at radius 1 is 1.73 bits per heavy atom. The number of halogens is 1. The van der Waals surface area contributed by atoms with Gasteiger partial charge in [0.05, 0.1) is 5.02 Å². The van der Waals surface area contributed by atoms with Crippen molar-refractivity contribution < 1.29 is 4.79 Å². The second-order valence-corrected chi connectivity index (χ2v) is 5.03. The van der Waals surface area contributed by atoms with Crippen LogP contribution in [0.1, 0.15) is 16.6 Å². The monoisotopic (exact) mass is 244 g/mol. The normalized spacial score (nSPS) is 21.7. The van der Waals surface area contributed by atoms with E-state index in [-0.39, 0.29) is 5.91 Å². The Balaban J connectivity index is 2.11. The Bertz CT molecular complexity index is 366. The molecular weight excluding hydrogens is 232 g/mol. The van der Waals surface area contributed by atoms with Crippen molar-refractivity contribution in [1.29, 1.82) is 0 Å². The average Bonchev–Trinajstić information content (AvgIpc) is 2.63. The molecule has 0 aromatic carbocycles. The van der Waals surface area contributed by atoms with Gasteiger partial charge in [0.2, 0.25) is 0 Å². The van der Waals surface area contributed by atoms with Gasteiger partial charge in [-0.2, -0.15) is 0 Å². The molecule has 1 atom stereocenters. The molecule has 82 valence electrons. The smallest absolute Gasteiger partial charge is 0.265 e. The molecule has 0 unspecified atom stereocenters. The summed E-state index contributed by atoms with van der Waals surface area (Å²) < 4.78 is 0. The van der Waals surface area contributed by atoms with Crippen LogP contribution in [-0.4, -0.2) is 36.5 Å². The summed E-state index contributed by atoms with van der Waals surface area (Å²) in [5, 5.41) is 5.72. The lowest BCUT2D eigenvalue weighted by Gasteiger charge is -2.31. The van der Waals surface area contributed by atoms with E-state index < -0.39 is 0 Å². The molecule has 1 fully saturated rings. The number of hydrogen-bond donors (Lipinski definition) is 1. The van der Waals surface area contributed by atoms with Crippen molar-refractivity contribution in [2.75, 3.05) is 19.6 Å². The van der Waals surface area contributed by atoms with Crippen molar-refractivity contribution >= 4 is 28.8 Å². The lowest BCUT2D eigenvalue weighted by Crippen LogP contribution is -2.51. The predicted molar refractivity (Wildman–Crippen MR) is 62.7 cm³/mol. The SMILES string of the molecule is C[C@H]1CN(C(=O)c2sccc2Cl)CCN1. The first-order valence-corrected chi connectivity index (χ1v) is 6.20. The highest BCUT2D eigenvalue weighted by molar-refractivity contribution is 7.12. The standard InChI is InChI=1S/C10H13ClN2OS/c1-7-6-13(4-3-12-7)10(14)9-8(11)2-5-15-9/h2,5,7,12H,3-4,6H2,1H3/t7-/m0/s1. The molecule has 1 saturated heterocycles. The Hall–Kier alpha value is -0.580. The average molecular weight is 245 g/mol. The number of hydrogen-bond acceptors (Lipinski definition) is 3. The molecule has 0 aliphatic carbocycles. The van der Waals surface area contributed by atoms with Gasteiger partial charge >= 0.3 is 0 Å². The Morgan fingerprint density at radius 3 is 3.13 bits per heavy atom. The topological polar surface area (TPSA) is 32.3 Å². The third kappa shape index (κ3) is 2.33. The molecule has 0 bridgehead atoms. The van der Waals surface area contributed by atoms with Crippen LogP contribution in [0.2, 0.25) is 5.02 Å². The largest absolute Gasteiger partial charge is 0.335 e. The van der Waals surface area contributed by atoms with Crippen LogP contribution in [0.25, 0.3) is 0 Å². The van der Waals surface area contributed by atoms with Gasteiger partial charge in [0.15, 0.2) is 0 Å². The third-order valence-electron chi connectivity index (χ3n) is 2.47. The molecule has 1 aromatic rings. The summed E-state index contributed by atoms with van der Waals surface area (Å²) in [6, 6.07) is 2.13. The van der Waals surface area contributed by atoms with Crippen molar-refractivity contribution in [2.45, 2.75) is 13.0 Å². The van der Waals surface area contributed by atoms with E-state index in [0.717, 1.165) is 19.6 Å². The van der Waals surface area contributed by atoms with Crippen LogP contribution in [0.15, 0.2) is 11.4 Å². The zero-order valence-corrected chi connectivity index (χ0v) is 10.1. The first-order valence-electron chi connectivity index (χ1n) is 4.94. The van der Waals surface area contributed by atoms with E-state index in [1.54, 1.807) is 6.07 Å². The van der Waals surface area contributed by atoms with Gasteiger partial charge in [0, 0.05) is 25.7 Å². The summed E-state index contributed by atoms with van der Waals surface area (Å²) in [4.78, 5) is 14.6. The summed E-state index contributed by atoms with van der Waals surface area (Å²) in [7, 11) is 0. The highest BCUT2D eigenvalue weighted by Crippen LogP contribution is 2.23. The number of thiophene rings is 1. The Morgan fingerprint density at radius 2 is 2.53 bits per heavy atom. The molecule has 1 aromatic heterocycles. The zero-order valence-electron chi connectivity index (χ0n) is 8.50. The molecule has 0 radical (unpaired) electrons. The minimum Gasteiger partial charge on any atom is -0.335 e. The van der Waals surface area contributed by atoms with Gasteiger partial charge in [0.25, 0.3) is 5.91 Å². The van der Waals surface area contributed by atoms with E-state index in [9.17, 15) is 4.79 Å². The van der Waals surface area contributed by atoms with Gasteiger partial charge in [-0.15, -0.1) is 11.3 Å². The molecule has 1 amide bonds. The number of carbonyl (C=O) groups excluding carboxylic acids is 1. The molecule has 0 saturated carbocycles. The fraction of sp³-hybridized carbons (Fsp3) is 0.500. The van der Waals surface area contributed by atoms with Crippen LogP contribution in [0.5, 0.6) is 0 Å². The summed E-state index contributed by atoms with van der Waals surface area (Å²) in [6.45, 7) is 4.45. The van der Waals surface area contributed by atoms with Crippen LogP contribution >= 0.6 is 22.9 Å². The van der Waals surface area contributed by atoms with E-state index in [0.29, 0.717) is 15.9 Å². The number of rotatable bonds is 1. The van der Waals surface area contributed by atoms with Gasteiger partial charge in [0.1, 0.15) is 4.88 Å². The first kappa shape index (κ1) is 10.9. The maximum absolute atomic E-state index is 12.1. The van der Waals surface area contributed by atoms with Gasteiger partial charge in [-0.3, -0.25) is 4.79 Å². The summed E-state index contributed by atoms with van der Waals surface area (Å²) >= 11 is 7.35. The van der Waals surface area contributed by atoms with E-state index in [1.165, 1.54) is 11.3 Å². The van der Waals surface area contributed by atoms with Crippen LogP contribution < -0.4 is 5.32 Å². The second-order valence-electron chi connectivity index (χ2n) is 3.70. The summed E-state index contributed by atoms with van der Waals surface area (Å²) in [5.41, 5.74) is 0. The highest BCUT2D eigenvalue weighted by Gasteiger charge is 2.23. The number of piperazine rings is 1. The van der Waals surface area contributed by atoms with Gasteiger partial charge in [-0.25, -0.2) is 0 Å². The molecule has 5 heteroatoms. The molecule has 3 nitrogen and oxygen atoms in total. The van der Waals surface area contributed by atoms with Crippen molar-refractivity contribution in [1.82, 2.24) is 10.2 Å². The van der Waals surface area contributed by atoms with Crippen LogP contribution in [-0.2, 0) is 0 Å². The van der Waals surface area contributed by atoms with E-state index >= 15 is 0 Å². The van der Waals surface area contributed by atoms with E-state index in [1.807, 2.05) is 10.3 Å². The molecule has 1 aliphatic heterocycles. The van der Waals surface area contributed by atoms with Crippen molar-refractivity contribution in [3.05, 3.63) is 21.3 Å². The fourth-order valence-corrected chi connectivity index (χ4v) is 2.81. The van der Waals surface area contributed by atoms with Crippen molar-refractivity contribution in [3.63, 3.8) is 0 Å². The highest BCUT2D eigenvalue weighted by atomic mass is 35.5. The summed E-state index contributed by atoms with van der Waals surface area (Å²) in [6.07, 6.45) is 0. The number of carbonyl (C=O) groups is 1. The molecule has 0 spiro atoms. The molecule has 1 aliphatic rings.